The van der Waals surface area contributed by atoms with E-state index in [1.807, 2.05) is 7.05 Å². The van der Waals surface area contributed by atoms with E-state index in [0.717, 1.165) is 6.54 Å². The van der Waals surface area contributed by atoms with Gasteiger partial charge in [0.1, 0.15) is 5.82 Å². The average molecular weight is 301 g/mol. The van der Waals surface area contributed by atoms with Crippen LogP contribution in [0.4, 0.5) is 4.39 Å². The van der Waals surface area contributed by atoms with Crippen molar-refractivity contribution in [2.75, 3.05) is 26.7 Å². The fraction of sp³-hybridized carbons (Fsp3) is 0.600. The zero-order valence-corrected chi connectivity index (χ0v) is 13.0. The van der Waals surface area contributed by atoms with Crippen molar-refractivity contribution in [2.24, 2.45) is 0 Å². The number of ether oxygens (including phenoxy) is 1. The summed E-state index contributed by atoms with van der Waals surface area (Å²) in [4.78, 5) is 2.13. The van der Waals surface area contributed by atoms with Crippen LogP contribution in [0.15, 0.2) is 18.2 Å². The Kier molecular flexibility index (Phi) is 5.38. The number of hydrogen-bond donors (Lipinski definition) is 1. The highest BCUT2D eigenvalue weighted by atomic mass is 35.5. The summed E-state index contributed by atoms with van der Waals surface area (Å²) in [5, 5.41) is 3.91. The van der Waals surface area contributed by atoms with Crippen LogP contribution in [-0.2, 0) is 4.74 Å². The Morgan fingerprint density at radius 3 is 2.95 bits per heavy atom. The van der Waals surface area contributed by atoms with Gasteiger partial charge in [-0.2, -0.15) is 0 Å². The first-order chi connectivity index (χ1) is 9.49. The molecule has 5 heteroatoms. The van der Waals surface area contributed by atoms with Gasteiger partial charge < -0.3 is 10.1 Å². The third-order valence-electron chi connectivity index (χ3n) is 3.61. The van der Waals surface area contributed by atoms with Gasteiger partial charge in [-0.3, -0.25) is 4.90 Å². The van der Waals surface area contributed by atoms with Crippen LogP contribution < -0.4 is 5.32 Å². The van der Waals surface area contributed by atoms with Crippen molar-refractivity contribution in [3.8, 4) is 0 Å². The van der Waals surface area contributed by atoms with Crippen LogP contribution in [0, 0.1) is 5.82 Å². The molecule has 2 unspecified atom stereocenters. The number of halogens is 2. The van der Waals surface area contributed by atoms with Crippen LogP contribution >= 0.6 is 11.6 Å². The van der Waals surface area contributed by atoms with Gasteiger partial charge in [0, 0.05) is 29.7 Å². The number of nitrogens with one attached hydrogen (secondary N) is 1. The van der Waals surface area contributed by atoms with E-state index in [1.165, 1.54) is 6.07 Å². The second-order valence-electron chi connectivity index (χ2n) is 5.56. The van der Waals surface area contributed by atoms with Crippen molar-refractivity contribution in [1.82, 2.24) is 10.2 Å². The second kappa shape index (κ2) is 6.85. The third-order valence-corrected chi connectivity index (χ3v) is 3.84. The lowest BCUT2D eigenvalue weighted by atomic mass is 9.97. The van der Waals surface area contributed by atoms with E-state index in [-0.39, 0.29) is 18.0 Å². The van der Waals surface area contributed by atoms with Gasteiger partial charge in [-0.05, 0) is 25.2 Å². The largest absolute Gasteiger partial charge is 0.374 e. The molecule has 1 aliphatic heterocycles. The third kappa shape index (κ3) is 3.70. The predicted octanol–water partition coefficient (Wildman–Crippen LogP) is 2.85. The molecule has 1 aromatic carbocycles. The van der Waals surface area contributed by atoms with Crippen molar-refractivity contribution >= 4 is 11.6 Å². The maximum absolute atomic E-state index is 14.1. The van der Waals surface area contributed by atoms with Gasteiger partial charge in [0.15, 0.2) is 0 Å². The highest BCUT2D eigenvalue weighted by Gasteiger charge is 2.33. The first-order valence-corrected chi connectivity index (χ1v) is 7.37. The minimum Gasteiger partial charge on any atom is -0.374 e. The molecule has 0 aliphatic carbocycles. The van der Waals surface area contributed by atoms with Gasteiger partial charge in [0.2, 0.25) is 0 Å². The summed E-state index contributed by atoms with van der Waals surface area (Å²) in [6.45, 7) is 6.32. The van der Waals surface area contributed by atoms with Crippen molar-refractivity contribution < 1.29 is 9.13 Å². The summed E-state index contributed by atoms with van der Waals surface area (Å²) in [6.07, 6.45) is -0.0795. The Morgan fingerprint density at radius 2 is 2.25 bits per heavy atom. The van der Waals surface area contributed by atoms with Crippen molar-refractivity contribution in [3.63, 3.8) is 0 Å². The van der Waals surface area contributed by atoms with Crippen LogP contribution in [-0.4, -0.2) is 43.8 Å². The highest BCUT2D eigenvalue weighted by molar-refractivity contribution is 6.30. The molecule has 0 amide bonds. The topological polar surface area (TPSA) is 24.5 Å². The molecule has 1 aromatic rings. The van der Waals surface area contributed by atoms with E-state index in [2.05, 4.69) is 24.1 Å². The monoisotopic (exact) mass is 300 g/mol. The molecule has 2 atom stereocenters. The number of rotatable bonds is 4. The van der Waals surface area contributed by atoms with Crippen LogP contribution in [0.1, 0.15) is 25.5 Å². The molecule has 20 heavy (non-hydrogen) atoms. The molecule has 112 valence electrons. The molecule has 2 rings (SSSR count). The Labute approximate surface area is 125 Å². The van der Waals surface area contributed by atoms with Gasteiger partial charge in [-0.1, -0.05) is 25.4 Å². The number of morpholine rings is 1. The quantitative estimate of drug-likeness (QED) is 0.925. The molecule has 0 saturated carbocycles. The standard InChI is InChI=1S/C15H22ClFN2O/c1-10(2)18-9-14-15(19(3)6-7-20-14)12-8-11(16)4-5-13(12)17/h4-5,8,10,14-15,18H,6-7,9H2,1-3H3. The summed E-state index contributed by atoms with van der Waals surface area (Å²) in [7, 11) is 2.00. The first-order valence-electron chi connectivity index (χ1n) is 6.99. The fourth-order valence-electron chi connectivity index (χ4n) is 2.56. The first kappa shape index (κ1) is 15.7. The second-order valence-corrected chi connectivity index (χ2v) is 6.00. The lowest BCUT2D eigenvalue weighted by molar-refractivity contribution is -0.0630. The molecule has 0 aromatic heterocycles. The smallest absolute Gasteiger partial charge is 0.128 e. The van der Waals surface area contributed by atoms with E-state index < -0.39 is 0 Å². The molecule has 0 spiro atoms. The maximum atomic E-state index is 14.1. The van der Waals surface area contributed by atoms with Gasteiger partial charge in [0.05, 0.1) is 18.8 Å². The summed E-state index contributed by atoms with van der Waals surface area (Å²) in [5.41, 5.74) is 0.607. The van der Waals surface area contributed by atoms with Gasteiger partial charge in [0.25, 0.3) is 0 Å². The molecule has 1 N–H and O–H groups in total. The van der Waals surface area contributed by atoms with Crippen molar-refractivity contribution in [1.29, 1.82) is 0 Å². The normalized spacial score (nSPS) is 24.3. The molecule has 0 radical (unpaired) electrons. The van der Waals surface area contributed by atoms with Crippen molar-refractivity contribution in [2.45, 2.75) is 32.0 Å². The van der Waals surface area contributed by atoms with Gasteiger partial charge in [-0.15, -0.1) is 0 Å². The van der Waals surface area contributed by atoms with E-state index in [4.69, 9.17) is 16.3 Å². The van der Waals surface area contributed by atoms with Crippen LogP contribution in [0.2, 0.25) is 5.02 Å². The SMILES string of the molecule is CC(C)NCC1OCCN(C)C1c1cc(Cl)ccc1F. The summed E-state index contributed by atoms with van der Waals surface area (Å²) < 4.78 is 20.0. The van der Waals surface area contributed by atoms with Crippen LogP contribution in [0.3, 0.4) is 0 Å². The van der Waals surface area contributed by atoms with Crippen LogP contribution in [0.5, 0.6) is 0 Å². The fourth-order valence-corrected chi connectivity index (χ4v) is 2.74. The van der Waals surface area contributed by atoms with E-state index >= 15 is 0 Å². The van der Waals surface area contributed by atoms with E-state index in [9.17, 15) is 4.39 Å². The summed E-state index contributed by atoms with van der Waals surface area (Å²) in [5.74, 6) is -0.230. The minimum absolute atomic E-state index is 0.0795. The average Bonchev–Trinajstić information content (AvgIpc) is 2.39. The number of likely N-dealkylation sites (N-methyl/N-ethyl adjacent to an activating group) is 1. The molecule has 1 aliphatic rings. The Balaban J connectivity index is 2.24. The number of hydrogen-bond acceptors (Lipinski definition) is 3. The lowest BCUT2D eigenvalue weighted by Gasteiger charge is -2.40. The zero-order chi connectivity index (χ0) is 14.7. The summed E-state index contributed by atoms with van der Waals surface area (Å²) >= 11 is 6.02. The Bertz CT molecular complexity index is 455. The molecule has 1 saturated heterocycles. The van der Waals surface area contributed by atoms with E-state index in [0.29, 0.717) is 29.8 Å². The zero-order valence-electron chi connectivity index (χ0n) is 12.2. The predicted molar refractivity (Wildman–Crippen MR) is 79.7 cm³/mol. The molecular formula is C15H22ClFN2O. The minimum atomic E-state index is -0.230. The molecule has 0 bridgehead atoms. The number of benzene rings is 1. The molecule has 1 heterocycles. The molecule has 1 fully saturated rings. The Morgan fingerprint density at radius 1 is 1.50 bits per heavy atom. The van der Waals surface area contributed by atoms with Crippen LogP contribution in [0.25, 0.3) is 0 Å². The molecule has 3 nitrogen and oxygen atoms in total. The maximum Gasteiger partial charge on any atom is 0.128 e. The van der Waals surface area contributed by atoms with E-state index in [1.54, 1.807) is 12.1 Å². The number of nitrogens with zero attached hydrogens (tertiary/aromatic N) is 1. The van der Waals surface area contributed by atoms with Crippen molar-refractivity contribution in [3.05, 3.63) is 34.6 Å². The van der Waals surface area contributed by atoms with Gasteiger partial charge >= 0.3 is 0 Å². The highest BCUT2D eigenvalue weighted by Crippen LogP contribution is 2.31. The van der Waals surface area contributed by atoms with Gasteiger partial charge in [-0.25, -0.2) is 4.39 Å². The molecular weight excluding hydrogens is 279 g/mol. The summed E-state index contributed by atoms with van der Waals surface area (Å²) in [6, 6.07) is 4.96. The Hall–Kier alpha value is -0.680. The lowest BCUT2D eigenvalue weighted by Crippen LogP contribution is -2.48.